The van der Waals surface area contributed by atoms with E-state index in [0.717, 1.165) is 11.1 Å². The molecule has 0 aromatic heterocycles. The molecule has 1 heterocycles. The van der Waals surface area contributed by atoms with Gasteiger partial charge in [0.25, 0.3) is 0 Å². The van der Waals surface area contributed by atoms with E-state index in [9.17, 15) is 9.59 Å². The molecule has 0 aliphatic carbocycles. The van der Waals surface area contributed by atoms with Crippen molar-refractivity contribution in [1.82, 2.24) is 4.90 Å². The van der Waals surface area contributed by atoms with Crippen molar-refractivity contribution in [3.8, 4) is 0 Å². The van der Waals surface area contributed by atoms with E-state index < -0.39 is 0 Å². The van der Waals surface area contributed by atoms with E-state index in [1.54, 1.807) is 12.1 Å². The third-order valence-electron chi connectivity index (χ3n) is 3.70. The number of hydrogen-bond acceptors (Lipinski definition) is 2. The molecule has 2 amide bonds. The van der Waals surface area contributed by atoms with Gasteiger partial charge in [0.05, 0.1) is 12.5 Å². The molecule has 1 saturated heterocycles. The Kier molecular flexibility index (Phi) is 3.76. The van der Waals surface area contributed by atoms with Crippen LogP contribution in [0.4, 0.5) is 0 Å². The molecule has 21 heavy (non-hydrogen) atoms. The van der Waals surface area contributed by atoms with Gasteiger partial charge in [0.1, 0.15) is 0 Å². The summed E-state index contributed by atoms with van der Waals surface area (Å²) in [6, 6.07) is 16.6. The zero-order valence-electron chi connectivity index (χ0n) is 11.3. The molecule has 106 valence electrons. The molecule has 4 heteroatoms. The van der Waals surface area contributed by atoms with Gasteiger partial charge in [0, 0.05) is 11.4 Å². The van der Waals surface area contributed by atoms with Gasteiger partial charge in [-0.15, -0.1) is 0 Å². The van der Waals surface area contributed by atoms with Crippen molar-refractivity contribution in [3.05, 3.63) is 70.7 Å². The summed E-state index contributed by atoms with van der Waals surface area (Å²) in [7, 11) is 0. The molecule has 0 N–H and O–H groups in total. The molecular weight excluding hydrogens is 286 g/mol. The van der Waals surface area contributed by atoms with E-state index in [1.165, 1.54) is 4.90 Å². The summed E-state index contributed by atoms with van der Waals surface area (Å²) in [6.07, 6.45) is 0.246. The van der Waals surface area contributed by atoms with Crippen molar-refractivity contribution in [3.63, 3.8) is 0 Å². The molecule has 0 radical (unpaired) electrons. The molecular formula is C17H14ClNO2. The predicted octanol–water partition coefficient (Wildman–Crippen LogP) is 3.38. The molecule has 2 aromatic carbocycles. The predicted molar refractivity (Wildman–Crippen MR) is 80.8 cm³/mol. The highest BCUT2D eigenvalue weighted by molar-refractivity contribution is 6.30. The molecule has 0 saturated carbocycles. The molecule has 1 aliphatic rings. The van der Waals surface area contributed by atoms with Crippen LogP contribution in [0.3, 0.4) is 0 Å². The maximum absolute atomic E-state index is 12.5. The summed E-state index contributed by atoms with van der Waals surface area (Å²) in [4.78, 5) is 25.9. The number of nitrogens with zero attached hydrogens (tertiary/aromatic N) is 1. The van der Waals surface area contributed by atoms with Crippen LogP contribution in [-0.2, 0) is 16.1 Å². The second-order valence-corrected chi connectivity index (χ2v) is 5.55. The van der Waals surface area contributed by atoms with Gasteiger partial charge in [0.2, 0.25) is 11.8 Å². The number of carbonyl (C=O) groups excluding carboxylic acids is 2. The number of amides is 2. The minimum atomic E-state index is -0.356. The maximum Gasteiger partial charge on any atom is 0.237 e. The van der Waals surface area contributed by atoms with E-state index in [-0.39, 0.29) is 24.2 Å². The van der Waals surface area contributed by atoms with Crippen molar-refractivity contribution in [2.24, 2.45) is 0 Å². The molecule has 3 nitrogen and oxygen atoms in total. The van der Waals surface area contributed by atoms with E-state index in [2.05, 4.69) is 0 Å². The average Bonchev–Trinajstić information content (AvgIpc) is 2.78. The van der Waals surface area contributed by atoms with Crippen LogP contribution >= 0.6 is 11.6 Å². The van der Waals surface area contributed by atoms with Gasteiger partial charge in [-0.25, -0.2) is 0 Å². The Hall–Kier alpha value is -2.13. The van der Waals surface area contributed by atoms with Crippen LogP contribution in [0.5, 0.6) is 0 Å². The summed E-state index contributed by atoms with van der Waals surface area (Å²) in [5.74, 6) is -0.601. The smallest absolute Gasteiger partial charge is 0.237 e. The van der Waals surface area contributed by atoms with Crippen LogP contribution in [0.2, 0.25) is 5.02 Å². The first-order valence-corrected chi connectivity index (χ1v) is 7.16. The van der Waals surface area contributed by atoms with Gasteiger partial charge in [-0.05, 0) is 23.3 Å². The highest BCUT2D eigenvalue weighted by Gasteiger charge is 2.39. The number of likely N-dealkylation sites (tertiary alicyclic amines) is 1. The third-order valence-corrected chi connectivity index (χ3v) is 3.95. The Bertz CT molecular complexity index is 667. The van der Waals surface area contributed by atoms with Gasteiger partial charge < -0.3 is 0 Å². The SMILES string of the molecule is O=C1C[C@@H](c2ccccc2)C(=O)N1Cc1ccc(Cl)cc1. The van der Waals surface area contributed by atoms with Crippen molar-refractivity contribution in [2.45, 2.75) is 18.9 Å². The Morgan fingerprint density at radius 1 is 1.00 bits per heavy atom. The molecule has 2 aromatic rings. The van der Waals surface area contributed by atoms with Gasteiger partial charge in [-0.2, -0.15) is 0 Å². The highest BCUT2D eigenvalue weighted by Crippen LogP contribution is 2.30. The summed E-state index contributed by atoms with van der Waals surface area (Å²) < 4.78 is 0. The number of benzene rings is 2. The van der Waals surface area contributed by atoms with E-state index >= 15 is 0 Å². The molecule has 0 spiro atoms. The largest absolute Gasteiger partial charge is 0.278 e. The van der Waals surface area contributed by atoms with Gasteiger partial charge >= 0.3 is 0 Å². The zero-order valence-corrected chi connectivity index (χ0v) is 12.1. The quantitative estimate of drug-likeness (QED) is 0.815. The summed E-state index contributed by atoms with van der Waals surface area (Å²) in [5.41, 5.74) is 1.80. The van der Waals surface area contributed by atoms with Crippen molar-refractivity contribution in [2.75, 3.05) is 0 Å². The Balaban J connectivity index is 1.79. The number of hydrogen-bond donors (Lipinski definition) is 0. The first-order chi connectivity index (χ1) is 10.1. The Morgan fingerprint density at radius 3 is 2.33 bits per heavy atom. The molecule has 1 aliphatic heterocycles. The molecule has 0 bridgehead atoms. The fraction of sp³-hybridized carbons (Fsp3) is 0.176. The Morgan fingerprint density at radius 2 is 1.67 bits per heavy atom. The first-order valence-electron chi connectivity index (χ1n) is 6.79. The van der Waals surface area contributed by atoms with Crippen molar-refractivity contribution >= 4 is 23.4 Å². The lowest BCUT2D eigenvalue weighted by Crippen LogP contribution is -2.29. The van der Waals surface area contributed by atoms with Crippen molar-refractivity contribution < 1.29 is 9.59 Å². The van der Waals surface area contributed by atoms with E-state index in [1.807, 2.05) is 42.5 Å². The van der Waals surface area contributed by atoms with Gasteiger partial charge in [-0.3, -0.25) is 14.5 Å². The Labute approximate surface area is 128 Å². The topological polar surface area (TPSA) is 37.4 Å². The fourth-order valence-corrected chi connectivity index (χ4v) is 2.69. The molecule has 1 fully saturated rings. The number of halogens is 1. The second kappa shape index (κ2) is 5.70. The van der Waals surface area contributed by atoms with E-state index in [0.29, 0.717) is 11.6 Å². The lowest BCUT2D eigenvalue weighted by Gasteiger charge is -2.15. The zero-order chi connectivity index (χ0) is 14.8. The van der Waals surface area contributed by atoms with Gasteiger partial charge in [0.15, 0.2) is 0 Å². The number of imide groups is 1. The lowest BCUT2D eigenvalue weighted by atomic mass is 9.98. The summed E-state index contributed by atoms with van der Waals surface area (Å²) in [6.45, 7) is 0.304. The van der Waals surface area contributed by atoms with Gasteiger partial charge in [-0.1, -0.05) is 54.1 Å². The monoisotopic (exact) mass is 299 g/mol. The summed E-state index contributed by atoms with van der Waals surface area (Å²) >= 11 is 5.84. The fourth-order valence-electron chi connectivity index (χ4n) is 2.57. The van der Waals surface area contributed by atoms with Crippen LogP contribution in [0.15, 0.2) is 54.6 Å². The molecule has 3 rings (SSSR count). The van der Waals surface area contributed by atoms with Crippen LogP contribution < -0.4 is 0 Å². The molecule has 0 unspecified atom stereocenters. The normalized spacial score (nSPS) is 18.3. The average molecular weight is 300 g/mol. The van der Waals surface area contributed by atoms with Crippen LogP contribution in [0, 0.1) is 0 Å². The van der Waals surface area contributed by atoms with E-state index in [4.69, 9.17) is 11.6 Å². The minimum absolute atomic E-state index is 0.121. The second-order valence-electron chi connectivity index (χ2n) is 5.11. The third kappa shape index (κ3) is 2.83. The molecule has 1 atom stereocenters. The maximum atomic E-state index is 12.5. The van der Waals surface area contributed by atoms with Crippen LogP contribution in [0.25, 0.3) is 0 Å². The van der Waals surface area contributed by atoms with Crippen LogP contribution in [-0.4, -0.2) is 16.7 Å². The van der Waals surface area contributed by atoms with Crippen LogP contribution in [0.1, 0.15) is 23.5 Å². The lowest BCUT2D eigenvalue weighted by molar-refractivity contribution is -0.139. The number of rotatable bonds is 3. The first kappa shape index (κ1) is 13.8. The number of carbonyl (C=O) groups is 2. The standard InChI is InChI=1S/C17H14ClNO2/c18-14-8-6-12(7-9-14)11-19-16(20)10-15(17(19)21)13-4-2-1-3-5-13/h1-9,15H,10-11H2/t15-/m0/s1. The van der Waals surface area contributed by atoms with Crippen molar-refractivity contribution in [1.29, 1.82) is 0 Å². The summed E-state index contributed by atoms with van der Waals surface area (Å²) in [5, 5.41) is 0.639. The highest BCUT2D eigenvalue weighted by atomic mass is 35.5. The minimum Gasteiger partial charge on any atom is -0.278 e.